The van der Waals surface area contributed by atoms with E-state index >= 15 is 0 Å². The first-order valence-electron chi connectivity index (χ1n) is 13.1. The molecule has 198 valence electrons. The van der Waals surface area contributed by atoms with Gasteiger partial charge in [-0.3, -0.25) is 9.59 Å². The summed E-state index contributed by atoms with van der Waals surface area (Å²) in [4.78, 5) is 44.0. The summed E-state index contributed by atoms with van der Waals surface area (Å²) >= 11 is 0. The Kier molecular flexibility index (Phi) is 7.33. The van der Waals surface area contributed by atoms with Gasteiger partial charge in [-0.25, -0.2) is 19.3 Å². The number of hydrogen-bond donors (Lipinski definition) is 1. The standard InChI is InChI=1S/C28H32FN7O2/c1-4-34-11-13-35(14-12-34)27(38)21-6-9-24(30-16-21)32-28-31-17-22(29)26(33-28)20-5-8-23-19(15-20)7-10-25(37)36(23)18(2)3/h5-6,8-9,15-18H,4,7,10-14H2,1-3H3,(H,30,31,32,33). The summed E-state index contributed by atoms with van der Waals surface area (Å²) < 4.78 is 14.8. The number of aryl methyl sites for hydroxylation is 1. The topological polar surface area (TPSA) is 94.6 Å². The Balaban J connectivity index is 1.31. The minimum absolute atomic E-state index is 0.0368. The van der Waals surface area contributed by atoms with Gasteiger partial charge in [0.05, 0.1) is 11.8 Å². The average molecular weight is 518 g/mol. The third kappa shape index (κ3) is 5.22. The second-order valence-corrected chi connectivity index (χ2v) is 9.87. The number of aromatic nitrogens is 3. The smallest absolute Gasteiger partial charge is 0.255 e. The molecule has 3 aromatic rings. The van der Waals surface area contributed by atoms with Crippen LogP contribution in [-0.4, -0.2) is 75.3 Å². The fraction of sp³-hybridized carbons (Fsp3) is 0.393. The lowest BCUT2D eigenvalue weighted by atomic mass is 9.96. The summed E-state index contributed by atoms with van der Waals surface area (Å²) in [7, 11) is 0. The quantitative estimate of drug-likeness (QED) is 0.530. The number of halogens is 1. The molecule has 2 aromatic heterocycles. The molecule has 1 saturated heterocycles. The number of pyridine rings is 1. The molecule has 2 amide bonds. The van der Waals surface area contributed by atoms with E-state index in [1.807, 2.05) is 30.9 Å². The number of piperazine rings is 1. The molecular weight excluding hydrogens is 485 g/mol. The van der Waals surface area contributed by atoms with Gasteiger partial charge in [-0.05, 0) is 56.6 Å². The molecule has 5 rings (SSSR count). The number of rotatable bonds is 6. The molecule has 4 heterocycles. The van der Waals surface area contributed by atoms with Crippen LogP contribution in [0.1, 0.15) is 43.1 Å². The van der Waals surface area contributed by atoms with Crippen LogP contribution < -0.4 is 10.2 Å². The maximum Gasteiger partial charge on any atom is 0.255 e. The first-order chi connectivity index (χ1) is 18.3. The maximum absolute atomic E-state index is 14.8. The minimum atomic E-state index is -0.542. The van der Waals surface area contributed by atoms with Crippen LogP contribution in [0.5, 0.6) is 0 Å². The monoisotopic (exact) mass is 517 g/mol. The first kappa shape index (κ1) is 25.7. The van der Waals surface area contributed by atoms with Crippen LogP contribution >= 0.6 is 0 Å². The van der Waals surface area contributed by atoms with Crippen molar-refractivity contribution in [3.05, 3.63) is 59.7 Å². The first-order valence-corrected chi connectivity index (χ1v) is 13.1. The molecule has 1 aromatic carbocycles. The van der Waals surface area contributed by atoms with Gasteiger partial charge in [-0.15, -0.1) is 0 Å². The van der Waals surface area contributed by atoms with Gasteiger partial charge in [0, 0.05) is 56.1 Å². The molecule has 0 radical (unpaired) electrons. The predicted molar refractivity (Wildman–Crippen MR) is 144 cm³/mol. The number of anilines is 3. The highest BCUT2D eigenvalue weighted by atomic mass is 19.1. The van der Waals surface area contributed by atoms with E-state index in [1.165, 1.54) is 6.20 Å². The Morgan fingerprint density at radius 2 is 1.84 bits per heavy atom. The molecule has 1 fully saturated rings. The summed E-state index contributed by atoms with van der Waals surface area (Å²) in [5.74, 6) is 0.163. The van der Waals surface area contributed by atoms with E-state index < -0.39 is 5.82 Å². The summed E-state index contributed by atoms with van der Waals surface area (Å²) in [5.41, 5.74) is 3.14. The van der Waals surface area contributed by atoms with Crippen LogP contribution in [0.15, 0.2) is 42.7 Å². The van der Waals surface area contributed by atoms with Gasteiger partial charge < -0.3 is 20.0 Å². The molecule has 0 bridgehead atoms. The summed E-state index contributed by atoms with van der Waals surface area (Å²) in [6, 6.07) is 8.99. The van der Waals surface area contributed by atoms with Crippen molar-refractivity contribution in [3.63, 3.8) is 0 Å². The van der Waals surface area contributed by atoms with Gasteiger partial charge in [0.2, 0.25) is 11.9 Å². The number of benzene rings is 1. The average Bonchev–Trinajstić information content (AvgIpc) is 2.93. The molecular formula is C28H32FN7O2. The number of fused-ring (bicyclic) bond motifs is 1. The Hall–Kier alpha value is -3.92. The van der Waals surface area contributed by atoms with Gasteiger partial charge in [0.15, 0.2) is 5.82 Å². The van der Waals surface area contributed by atoms with Gasteiger partial charge in [-0.2, -0.15) is 0 Å². The van der Waals surface area contributed by atoms with Crippen molar-refractivity contribution < 1.29 is 14.0 Å². The zero-order chi connectivity index (χ0) is 26.8. The number of nitrogens with zero attached hydrogens (tertiary/aromatic N) is 6. The fourth-order valence-corrected chi connectivity index (χ4v) is 5.02. The van der Waals surface area contributed by atoms with Gasteiger partial charge in [-0.1, -0.05) is 13.0 Å². The number of nitrogens with one attached hydrogen (secondary N) is 1. The largest absolute Gasteiger partial charge is 0.336 e. The van der Waals surface area contributed by atoms with Crippen LogP contribution in [0.3, 0.4) is 0 Å². The van der Waals surface area contributed by atoms with Crippen molar-refractivity contribution >= 4 is 29.3 Å². The second kappa shape index (κ2) is 10.8. The van der Waals surface area contributed by atoms with Crippen molar-refractivity contribution in [3.8, 4) is 11.3 Å². The number of likely N-dealkylation sites (N-methyl/N-ethyl adjacent to an activating group) is 1. The molecule has 0 spiro atoms. The van der Waals surface area contributed by atoms with Crippen molar-refractivity contribution in [2.75, 3.05) is 42.9 Å². The summed E-state index contributed by atoms with van der Waals surface area (Å²) in [5, 5.41) is 3.01. The Morgan fingerprint density at radius 1 is 1.05 bits per heavy atom. The fourth-order valence-electron chi connectivity index (χ4n) is 5.02. The maximum atomic E-state index is 14.8. The van der Waals surface area contributed by atoms with Crippen molar-refractivity contribution in [2.45, 2.75) is 39.7 Å². The number of carbonyl (C=O) groups excluding carboxylic acids is 2. The summed E-state index contributed by atoms with van der Waals surface area (Å²) in [6.45, 7) is 10.2. The van der Waals surface area contributed by atoms with E-state index in [4.69, 9.17) is 0 Å². The molecule has 0 saturated carbocycles. The molecule has 9 nitrogen and oxygen atoms in total. The highest BCUT2D eigenvalue weighted by Crippen LogP contribution is 2.33. The summed E-state index contributed by atoms with van der Waals surface area (Å²) in [6.07, 6.45) is 3.69. The molecule has 10 heteroatoms. The molecule has 2 aliphatic heterocycles. The van der Waals surface area contributed by atoms with Crippen LogP contribution in [0.4, 0.5) is 21.8 Å². The third-order valence-electron chi connectivity index (χ3n) is 7.11. The Morgan fingerprint density at radius 3 is 2.53 bits per heavy atom. The highest BCUT2D eigenvalue weighted by Gasteiger charge is 2.27. The van der Waals surface area contributed by atoms with E-state index in [0.29, 0.717) is 42.9 Å². The van der Waals surface area contributed by atoms with E-state index in [9.17, 15) is 14.0 Å². The normalized spacial score (nSPS) is 16.1. The third-order valence-corrected chi connectivity index (χ3v) is 7.11. The SMILES string of the molecule is CCN1CCN(C(=O)c2ccc(Nc3ncc(F)c(-c4ccc5c(c4)CCC(=O)N5C(C)C)n3)nc2)CC1. The second-order valence-electron chi connectivity index (χ2n) is 9.87. The van der Waals surface area contributed by atoms with Gasteiger partial charge in [0.25, 0.3) is 5.91 Å². The van der Waals surface area contributed by atoms with Crippen molar-refractivity contribution in [1.29, 1.82) is 0 Å². The van der Waals surface area contributed by atoms with E-state index in [0.717, 1.165) is 37.1 Å². The van der Waals surface area contributed by atoms with E-state index in [-0.39, 0.29) is 29.5 Å². The number of amides is 2. The van der Waals surface area contributed by atoms with Crippen LogP contribution in [0, 0.1) is 5.82 Å². The molecule has 0 atom stereocenters. The van der Waals surface area contributed by atoms with Crippen molar-refractivity contribution in [1.82, 2.24) is 24.8 Å². The molecule has 0 aliphatic carbocycles. The number of hydrogen-bond acceptors (Lipinski definition) is 7. The minimum Gasteiger partial charge on any atom is -0.336 e. The molecule has 2 aliphatic rings. The lowest BCUT2D eigenvalue weighted by Gasteiger charge is -2.34. The molecule has 0 unspecified atom stereocenters. The number of carbonyl (C=O) groups is 2. The van der Waals surface area contributed by atoms with Crippen LogP contribution in [0.2, 0.25) is 0 Å². The van der Waals surface area contributed by atoms with Gasteiger partial charge >= 0.3 is 0 Å². The lowest BCUT2D eigenvalue weighted by Crippen LogP contribution is -2.48. The zero-order valence-electron chi connectivity index (χ0n) is 21.9. The van der Waals surface area contributed by atoms with Crippen LogP contribution in [0.25, 0.3) is 11.3 Å². The highest BCUT2D eigenvalue weighted by molar-refractivity contribution is 5.97. The van der Waals surface area contributed by atoms with Crippen molar-refractivity contribution in [2.24, 2.45) is 0 Å². The van der Waals surface area contributed by atoms with E-state index in [1.54, 1.807) is 23.1 Å². The Bertz CT molecular complexity index is 1340. The lowest BCUT2D eigenvalue weighted by molar-refractivity contribution is -0.119. The van der Waals surface area contributed by atoms with Gasteiger partial charge in [0.1, 0.15) is 11.5 Å². The molecule has 38 heavy (non-hydrogen) atoms. The molecule has 1 N–H and O–H groups in total. The zero-order valence-corrected chi connectivity index (χ0v) is 21.9. The Labute approximate surface area is 221 Å². The predicted octanol–water partition coefficient (Wildman–Crippen LogP) is 3.89. The van der Waals surface area contributed by atoms with E-state index in [2.05, 4.69) is 32.1 Å². The van der Waals surface area contributed by atoms with Crippen LogP contribution in [-0.2, 0) is 11.2 Å².